The number of carbonyl (C=O) groups excluding carboxylic acids is 1. The van der Waals surface area contributed by atoms with Crippen LogP contribution in [0.3, 0.4) is 0 Å². The van der Waals surface area contributed by atoms with E-state index in [1.165, 1.54) is 12.3 Å². The number of hydrogen-bond donors (Lipinski definition) is 3. The van der Waals surface area contributed by atoms with Gasteiger partial charge < -0.3 is 15.2 Å². The van der Waals surface area contributed by atoms with Crippen molar-refractivity contribution >= 4 is 56.5 Å². The molecule has 0 spiro atoms. The van der Waals surface area contributed by atoms with Gasteiger partial charge in [0.2, 0.25) is 5.78 Å². The number of H-pyrrole nitrogens is 1. The van der Waals surface area contributed by atoms with Gasteiger partial charge in [-0.25, -0.2) is 0 Å². The molecule has 18 heavy (non-hydrogen) atoms. The minimum Gasteiger partial charge on any atom is -0.390 e. The molecular formula is C10H11BrCl3NO3. The molecule has 8 heteroatoms. The topological polar surface area (TPSA) is 73.3 Å². The first kappa shape index (κ1) is 16.3. The van der Waals surface area contributed by atoms with E-state index in [2.05, 4.69) is 20.9 Å². The predicted octanol–water partition coefficient (Wildman–Crippen LogP) is 2.75. The number of aromatic amines is 1. The van der Waals surface area contributed by atoms with E-state index in [0.717, 1.165) is 0 Å². The van der Waals surface area contributed by atoms with Gasteiger partial charge in [-0.05, 0) is 12.5 Å². The Morgan fingerprint density at radius 3 is 2.56 bits per heavy atom. The lowest BCUT2D eigenvalue weighted by molar-refractivity contribution is 0.0174. The number of Topliss-reactive ketones (excluding diaryl/α,β-unsaturated/α-hetero) is 1. The Kier molecular flexibility index (Phi) is 5.96. The summed E-state index contributed by atoms with van der Waals surface area (Å²) < 4.78 is -2.05. The first-order chi connectivity index (χ1) is 8.27. The molecule has 2 unspecified atom stereocenters. The molecule has 1 heterocycles. The van der Waals surface area contributed by atoms with Crippen LogP contribution in [0.5, 0.6) is 0 Å². The summed E-state index contributed by atoms with van der Waals surface area (Å²) in [4.78, 5) is 14.2. The van der Waals surface area contributed by atoms with E-state index in [4.69, 9.17) is 34.8 Å². The van der Waals surface area contributed by atoms with Gasteiger partial charge in [0.1, 0.15) is 6.10 Å². The molecule has 1 aromatic rings. The Morgan fingerprint density at radius 1 is 1.44 bits per heavy atom. The zero-order valence-corrected chi connectivity index (χ0v) is 12.9. The standard InChI is InChI=1S/C10H11BrCl3NO3/c11-2-1-7(16)8(17)5-3-6(15-4-5)9(18)10(12,13)14/h3-4,7-8,15-17H,1-2H2. The van der Waals surface area contributed by atoms with Crippen molar-refractivity contribution in [3.05, 3.63) is 23.5 Å². The lowest BCUT2D eigenvalue weighted by Crippen LogP contribution is -2.19. The maximum absolute atomic E-state index is 11.6. The monoisotopic (exact) mass is 377 g/mol. The van der Waals surface area contributed by atoms with E-state index in [9.17, 15) is 15.0 Å². The van der Waals surface area contributed by atoms with Crippen molar-refractivity contribution in [3.8, 4) is 0 Å². The van der Waals surface area contributed by atoms with Crippen molar-refractivity contribution in [1.82, 2.24) is 4.98 Å². The summed E-state index contributed by atoms with van der Waals surface area (Å²) in [5, 5.41) is 20.0. The lowest BCUT2D eigenvalue weighted by atomic mass is 10.1. The summed E-state index contributed by atoms with van der Waals surface area (Å²) in [5.41, 5.74) is 0.427. The number of rotatable bonds is 5. The van der Waals surface area contributed by atoms with Crippen LogP contribution in [0, 0.1) is 0 Å². The molecule has 0 saturated heterocycles. The molecule has 3 N–H and O–H groups in total. The quantitative estimate of drug-likeness (QED) is 0.544. The number of alkyl halides is 4. The number of aliphatic hydroxyl groups is 2. The van der Waals surface area contributed by atoms with E-state index < -0.39 is 21.8 Å². The van der Waals surface area contributed by atoms with Gasteiger partial charge in [0.05, 0.1) is 11.8 Å². The van der Waals surface area contributed by atoms with Crippen molar-refractivity contribution < 1.29 is 15.0 Å². The normalized spacial score (nSPS) is 15.4. The largest absolute Gasteiger partial charge is 0.390 e. The highest BCUT2D eigenvalue weighted by Gasteiger charge is 2.33. The van der Waals surface area contributed by atoms with Crippen molar-refractivity contribution in [2.45, 2.75) is 22.4 Å². The lowest BCUT2D eigenvalue weighted by Gasteiger charge is -2.15. The van der Waals surface area contributed by atoms with Gasteiger partial charge in [-0.15, -0.1) is 0 Å². The van der Waals surface area contributed by atoms with Crippen LogP contribution < -0.4 is 0 Å². The van der Waals surface area contributed by atoms with Gasteiger partial charge in [0.25, 0.3) is 3.79 Å². The molecule has 0 aliphatic heterocycles. The third-order valence-electron chi connectivity index (χ3n) is 2.32. The molecule has 0 aromatic carbocycles. The first-order valence-corrected chi connectivity index (χ1v) is 7.25. The summed E-state index contributed by atoms with van der Waals surface area (Å²) in [6.45, 7) is 0. The summed E-state index contributed by atoms with van der Waals surface area (Å²) in [6.07, 6.45) is -0.266. The zero-order valence-electron chi connectivity index (χ0n) is 9.04. The fourth-order valence-corrected chi connectivity index (χ4v) is 2.13. The van der Waals surface area contributed by atoms with Crippen LogP contribution >= 0.6 is 50.7 Å². The van der Waals surface area contributed by atoms with Crippen LogP contribution in [-0.2, 0) is 0 Å². The van der Waals surface area contributed by atoms with Gasteiger partial charge in [-0.1, -0.05) is 50.7 Å². The van der Waals surface area contributed by atoms with Crippen LogP contribution in [0.4, 0.5) is 0 Å². The van der Waals surface area contributed by atoms with E-state index in [1.54, 1.807) is 0 Å². The molecule has 0 aliphatic carbocycles. The molecule has 0 amide bonds. The SMILES string of the molecule is O=C(c1cc(C(O)C(O)CCBr)c[nH]1)C(Cl)(Cl)Cl. The maximum atomic E-state index is 11.6. The Labute approximate surface area is 127 Å². The fourth-order valence-electron chi connectivity index (χ4n) is 1.36. The second-order valence-electron chi connectivity index (χ2n) is 3.66. The molecule has 0 radical (unpaired) electrons. The van der Waals surface area contributed by atoms with E-state index >= 15 is 0 Å². The average molecular weight is 379 g/mol. The second kappa shape index (κ2) is 6.59. The van der Waals surface area contributed by atoms with Gasteiger partial charge in [-0.3, -0.25) is 4.79 Å². The minimum absolute atomic E-state index is 0.0649. The van der Waals surface area contributed by atoms with Crippen molar-refractivity contribution in [3.63, 3.8) is 0 Å². The number of ketones is 1. The summed E-state index contributed by atoms with van der Waals surface area (Å²) >= 11 is 19.5. The average Bonchev–Trinajstić information content (AvgIpc) is 2.75. The molecule has 0 aliphatic rings. The van der Waals surface area contributed by atoms with Crippen molar-refractivity contribution in [1.29, 1.82) is 0 Å². The molecule has 2 atom stereocenters. The van der Waals surface area contributed by atoms with Gasteiger partial charge in [0, 0.05) is 17.1 Å². The fraction of sp³-hybridized carbons (Fsp3) is 0.500. The Bertz CT molecular complexity index is 419. The van der Waals surface area contributed by atoms with Crippen LogP contribution in [0.2, 0.25) is 0 Å². The highest BCUT2D eigenvalue weighted by Crippen LogP contribution is 2.31. The number of hydrogen-bond acceptors (Lipinski definition) is 3. The molecule has 0 fully saturated rings. The van der Waals surface area contributed by atoms with E-state index in [1.807, 2.05) is 0 Å². The first-order valence-electron chi connectivity index (χ1n) is 4.99. The van der Waals surface area contributed by atoms with Crippen LogP contribution in [0.25, 0.3) is 0 Å². The van der Waals surface area contributed by atoms with Crippen LogP contribution in [-0.4, -0.2) is 36.2 Å². The molecule has 0 bridgehead atoms. The third kappa shape index (κ3) is 4.11. The summed E-state index contributed by atoms with van der Waals surface area (Å²) in [6, 6.07) is 1.35. The van der Waals surface area contributed by atoms with Gasteiger partial charge in [0.15, 0.2) is 0 Å². The Hall–Kier alpha value is 0.220. The maximum Gasteiger partial charge on any atom is 0.254 e. The Morgan fingerprint density at radius 2 is 2.06 bits per heavy atom. The minimum atomic E-state index is -2.05. The van der Waals surface area contributed by atoms with E-state index in [0.29, 0.717) is 17.3 Å². The van der Waals surface area contributed by atoms with Crippen LogP contribution in [0.1, 0.15) is 28.6 Å². The zero-order chi connectivity index (χ0) is 13.9. The number of halogens is 4. The van der Waals surface area contributed by atoms with Crippen molar-refractivity contribution in [2.24, 2.45) is 0 Å². The summed E-state index contributed by atoms with van der Waals surface area (Å²) in [5.74, 6) is -0.721. The second-order valence-corrected chi connectivity index (χ2v) is 6.74. The summed E-state index contributed by atoms with van der Waals surface area (Å²) in [7, 11) is 0. The number of aromatic nitrogens is 1. The smallest absolute Gasteiger partial charge is 0.254 e. The molecule has 4 nitrogen and oxygen atoms in total. The van der Waals surface area contributed by atoms with E-state index in [-0.39, 0.29) is 5.69 Å². The molecular weight excluding hydrogens is 368 g/mol. The number of aliphatic hydroxyl groups excluding tert-OH is 2. The number of nitrogens with one attached hydrogen (secondary N) is 1. The number of carbonyl (C=O) groups is 1. The van der Waals surface area contributed by atoms with Gasteiger partial charge >= 0.3 is 0 Å². The highest BCUT2D eigenvalue weighted by molar-refractivity contribution is 9.09. The van der Waals surface area contributed by atoms with Crippen LogP contribution in [0.15, 0.2) is 12.3 Å². The van der Waals surface area contributed by atoms with Crippen molar-refractivity contribution in [2.75, 3.05) is 5.33 Å². The van der Waals surface area contributed by atoms with Gasteiger partial charge in [-0.2, -0.15) is 0 Å². The molecule has 102 valence electrons. The highest BCUT2D eigenvalue weighted by atomic mass is 79.9. The third-order valence-corrected chi connectivity index (χ3v) is 3.29. The molecule has 1 aromatic heterocycles. The molecule has 0 saturated carbocycles. The molecule has 1 rings (SSSR count). The Balaban J connectivity index is 2.83. The predicted molar refractivity (Wildman–Crippen MR) is 74.8 cm³/mol.